The van der Waals surface area contributed by atoms with Crippen molar-refractivity contribution in [3.8, 4) is 5.82 Å². The summed E-state index contributed by atoms with van der Waals surface area (Å²) in [6.45, 7) is 11.0. The summed E-state index contributed by atoms with van der Waals surface area (Å²) >= 11 is 3.36. The van der Waals surface area contributed by atoms with Gasteiger partial charge >= 0.3 is 6.09 Å². The molecular formula is C25H34BrFN6O4. The average molecular weight is 581 g/mol. The third-order valence-electron chi connectivity index (χ3n) is 6.67. The van der Waals surface area contributed by atoms with E-state index < -0.39 is 45.2 Å². The molecular weight excluding hydrogens is 547 g/mol. The Labute approximate surface area is 224 Å². The molecule has 3 N–H and O–H groups in total. The summed E-state index contributed by atoms with van der Waals surface area (Å²) in [7, 11) is 0. The molecule has 3 amide bonds. The number of alkyl halides is 1. The maximum Gasteiger partial charge on any atom is 0.407 e. The van der Waals surface area contributed by atoms with Gasteiger partial charge in [-0.25, -0.2) is 18.9 Å². The van der Waals surface area contributed by atoms with Crippen LogP contribution in [0.15, 0.2) is 30.7 Å². The minimum absolute atomic E-state index is 0.0960. The summed E-state index contributed by atoms with van der Waals surface area (Å²) in [4.78, 5) is 44.5. The van der Waals surface area contributed by atoms with E-state index in [1.165, 1.54) is 15.8 Å². The first kappa shape index (κ1) is 28.5. The topological polar surface area (TPSA) is 129 Å². The summed E-state index contributed by atoms with van der Waals surface area (Å²) in [6.07, 6.45) is 3.05. The molecule has 3 rings (SSSR count). The van der Waals surface area contributed by atoms with Crippen molar-refractivity contribution in [2.75, 3.05) is 6.54 Å². The van der Waals surface area contributed by atoms with Crippen LogP contribution in [0.2, 0.25) is 0 Å². The van der Waals surface area contributed by atoms with Crippen LogP contribution in [0, 0.1) is 11.2 Å². The second-order valence-electron chi connectivity index (χ2n) is 11.1. The van der Waals surface area contributed by atoms with E-state index >= 15 is 0 Å². The highest BCUT2D eigenvalue weighted by atomic mass is 79.9. The van der Waals surface area contributed by atoms with Gasteiger partial charge in [-0.15, -0.1) is 0 Å². The number of hydrogen-bond donors (Lipinski definition) is 3. The van der Waals surface area contributed by atoms with Crippen LogP contribution in [0.4, 0.5) is 9.18 Å². The first-order chi connectivity index (χ1) is 17.0. The number of pyridine rings is 1. The lowest BCUT2D eigenvalue weighted by Crippen LogP contribution is -2.69. The molecule has 1 saturated heterocycles. The maximum atomic E-state index is 13.8. The summed E-state index contributed by atoms with van der Waals surface area (Å²) in [5, 5.41) is 19.6. The van der Waals surface area contributed by atoms with Crippen LogP contribution in [0.25, 0.3) is 5.82 Å². The van der Waals surface area contributed by atoms with E-state index in [9.17, 15) is 23.9 Å². The number of hydrogen-bond acceptors (Lipinski definition) is 5. The molecule has 0 saturated carbocycles. The number of likely N-dealkylation sites (tertiary alicyclic amines) is 1. The molecule has 1 aliphatic heterocycles. The number of carboxylic acid groups (broad SMARTS) is 1. The molecule has 3 atom stereocenters. The number of nitrogens with zero attached hydrogens (tertiary/aromatic N) is 4. The van der Waals surface area contributed by atoms with E-state index in [4.69, 9.17) is 0 Å². The maximum absolute atomic E-state index is 13.8. The number of amides is 3. The molecule has 10 nitrogen and oxygen atoms in total. The molecule has 2 aromatic heterocycles. The Kier molecular flexibility index (Phi) is 8.02. The van der Waals surface area contributed by atoms with Crippen LogP contribution in [0.3, 0.4) is 0 Å². The zero-order chi connectivity index (χ0) is 27.8. The molecule has 1 fully saturated rings. The molecule has 12 heteroatoms. The smallest absolute Gasteiger partial charge is 0.407 e. The molecule has 1 aliphatic rings. The third-order valence-corrected chi connectivity index (χ3v) is 7.03. The fraction of sp³-hybridized carbons (Fsp3) is 0.560. The zero-order valence-corrected chi connectivity index (χ0v) is 23.5. The minimum Gasteiger partial charge on any atom is -0.465 e. The van der Waals surface area contributed by atoms with Gasteiger partial charge in [0.25, 0.3) is 0 Å². The van der Waals surface area contributed by atoms with Gasteiger partial charge in [-0.05, 0) is 44.2 Å². The molecule has 202 valence electrons. The molecule has 2 aromatic rings. The second-order valence-corrected chi connectivity index (χ2v) is 13.1. The van der Waals surface area contributed by atoms with Gasteiger partial charge in [-0.1, -0.05) is 42.8 Å². The molecule has 0 aromatic carbocycles. The van der Waals surface area contributed by atoms with E-state index in [-0.39, 0.29) is 25.3 Å². The first-order valence-corrected chi connectivity index (χ1v) is 12.8. The van der Waals surface area contributed by atoms with E-state index in [0.29, 0.717) is 11.4 Å². The number of halogens is 2. The lowest BCUT2D eigenvalue weighted by atomic mass is 9.72. The Morgan fingerprint density at radius 2 is 1.89 bits per heavy atom. The van der Waals surface area contributed by atoms with Crippen LogP contribution >= 0.6 is 15.9 Å². The standard InChI is InChI=1S/C25H34BrFN6O4/c1-15(16-7-8-19(28-12-16)33-14-17(27)13-29-33)30-21(35)25(31-20(34)24(5,6)26)9-10-32(22(36)37)18(11-25)23(2,3)4/h7-8,12-15,18H,9-11H2,1-6H3,(H,30,35)(H,31,34)(H,36,37). The number of aromatic nitrogens is 3. The fourth-order valence-electron chi connectivity index (χ4n) is 4.39. The number of piperidine rings is 1. The van der Waals surface area contributed by atoms with Crippen molar-refractivity contribution >= 4 is 33.8 Å². The van der Waals surface area contributed by atoms with Crippen LogP contribution in [-0.4, -0.2) is 65.1 Å². The van der Waals surface area contributed by atoms with Crippen molar-refractivity contribution < 1.29 is 23.9 Å². The molecule has 0 radical (unpaired) electrons. The highest BCUT2D eigenvalue weighted by Gasteiger charge is 2.51. The minimum atomic E-state index is -1.32. The molecule has 0 spiro atoms. The van der Waals surface area contributed by atoms with Crippen molar-refractivity contribution in [1.82, 2.24) is 30.3 Å². The first-order valence-electron chi connectivity index (χ1n) is 12.0. The van der Waals surface area contributed by atoms with Crippen LogP contribution in [0.1, 0.15) is 66.0 Å². The molecule has 37 heavy (non-hydrogen) atoms. The molecule has 3 unspecified atom stereocenters. The Morgan fingerprint density at radius 1 is 1.22 bits per heavy atom. The quantitative estimate of drug-likeness (QED) is 0.445. The second kappa shape index (κ2) is 10.4. The Morgan fingerprint density at radius 3 is 2.38 bits per heavy atom. The van der Waals surface area contributed by atoms with E-state index in [2.05, 4.69) is 36.6 Å². The summed E-state index contributed by atoms with van der Waals surface area (Å²) in [5.74, 6) is -0.830. The zero-order valence-electron chi connectivity index (χ0n) is 21.9. The highest BCUT2D eigenvalue weighted by Crippen LogP contribution is 2.38. The predicted molar refractivity (Wildman–Crippen MR) is 139 cm³/mol. The highest BCUT2D eigenvalue weighted by molar-refractivity contribution is 9.10. The lowest BCUT2D eigenvalue weighted by molar-refractivity contribution is -0.138. The normalized spacial score (nSPS) is 21.3. The fourth-order valence-corrected chi connectivity index (χ4v) is 4.49. The van der Waals surface area contributed by atoms with Crippen molar-refractivity contribution in [1.29, 1.82) is 0 Å². The Bertz CT molecular complexity index is 1160. The van der Waals surface area contributed by atoms with E-state index in [1.807, 2.05) is 20.8 Å². The van der Waals surface area contributed by atoms with Gasteiger partial charge in [-0.3, -0.25) is 9.59 Å². The van der Waals surface area contributed by atoms with Gasteiger partial charge in [0.15, 0.2) is 11.6 Å². The van der Waals surface area contributed by atoms with Gasteiger partial charge in [0.2, 0.25) is 11.8 Å². The van der Waals surface area contributed by atoms with Crippen LogP contribution < -0.4 is 10.6 Å². The summed E-state index contributed by atoms with van der Waals surface area (Å²) in [6, 6.07) is 2.44. The Hall–Kier alpha value is -3.02. The van der Waals surface area contributed by atoms with Gasteiger partial charge in [0, 0.05) is 25.2 Å². The van der Waals surface area contributed by atoms with Crippen molar-refractivity contribution in [3.63, 3.8) is 0 Å². The van der Waals surface area contributed by atoms with Gasteiger partial charge in [0.1, 0.15) is 5.54 Å². The van der Waals surface area contributed by atoms with Crippen LogP contribution in [0.5, 0.6) is 0 Å². The van der Waals surface area contributed by atoms with Gasteiger partial charge < -0.3 is 20.6 Å². The number of carbonyl (C=O) groups excluding carboxylic acids is 2. The lowest BCUT2D eigenvalue weighted by Gasteiger charge is -2.50. The molecule has 0 aliphatic carbocycles. The number of carbonyl (C=O) groups is 3. The number of nitrogens with one attached hydrogen (secondary N) is 2. The molecule has 3 heterocycles. The van der Waals surface area contributed by atoms with Crippen molar-refractivity contribution in [3.05, 3.63) is 42.1 Å². The SMILES string of the molecule is CC(NC(=O)C1(NC(=O)C(C)(C)Br)CCN(C(=O)O)C(C(C)(C)C)C1)c1ccc(-n2cc(F)cn2)nc1. The summed E-state index contributed by atoms with van der Waals surface area (Å²) < 4.78 is 13.7. The predicted octanol–water partition coefficient (Wildman–Crippen LogP) is 3.80. The van der Waals surface area contributed by atoms with Gasteiger partial charge in [-0.2, -0.15) is 5.10 Å². The van der Waals surface area contributed by atoms with Crippen LogP contribution in [-0.2, 0) is 9.59 Å². The van der Waals surface area contributed by atoms with Crippen molar-refractivity contribution in [2.45, 2.75) is 76.3 Å². The molecule has 0 bridgehead atoms. The van der Waals surface area contributed by atoms with E-state index in [1.54, 1.807) is 39.1 Å². The summed E-state index contributed by atoms with van der Waals surface area (Å²) in [5.41, 5.74) is -1.10. The van der Waals surface area contributed by atoms with Crippen molar-refractivity contribution in [2.24, 2.45) is 5.41 Å². The number of rotatable bonds is 6. The third kappa shape index (κ3) is 6.46. The average Bonchev–Trinajstić information content (AvgIpc) is 3.23. The monoisotopic (exact) mass is 580 g/mol. The largest absolute Gasteiger partial charge is 0.465 e. The van der Waals surface area contributed by atoms with E-state index in [0.717, 1.165) is 6.20 Å². The Balaban J connectivity index is 1.88. The van der Waals surface area contributed by atoms with Gasteiger partial charge in [0.05, 0.1) is 22.8 Å².